The van der Waals surface area contributed by atoms with Gasteiger partial charge in [0.2, 0.25) is 0 Å². The molecule has 0 bridgehead atoms. The first-order chi connectivity index (χ1) is 12.2. The summed E-state index contributed by atoms with van der Waals surface area (Å²) in [5, 5.41) is 25.6. The van der Waals surface area contributed by atoms with E-state index in [1.54, 1.807) is 17.5 Å². The molecular formula is C18H20N2O5S. The third-order valence-corrected chi connectivity index (χ3v) is 4.65. The fourth-order valence-corrected chi connectivity index (χ4v) is 2.85. The molecule has 0 aliphatic carbocycles. The largest absolute Gasteiger partial charge is 0.479 e. The lowest BCUT2D eigenvalue weighted by atomic mass is 10.1. The van der Waals surface area contributed by atoms with Gasteiger partial charge in [-0.05, 0) is 42.5 Å². The van der Waals surface area contributed by atoms with Gasteiger partial charge in [0.1, 0.15) is 5.00 Å². The second kappa shape index (κ2) is 8.11. The zero-order chi connectivity index (χ0) is 19.3. The van der Waals surface area contributed by atoms with E-state index in [0.29, 0.717) is 10.6 Å². The maximum absolute atomic E-state index is 12.3. The Hall–Kier alpha value is -2.71. The van der Waals surface area contributed by atoms with Crippen LogP contribution in [0, 0.1) is 0 Å². The number of amides is 2. The number of anilines is 1. The van der Waals surface area contributed by atoms with Gasteiger partial charge in [0.15, 0.2) is 5.60 Å². The molecule has 0 fully saturated rings. The van der Waals surface area contributed by atoms with E-state index in [1.165, 1.54) is 17.4 Å². The molecule has 1 atom stereocenters. The Kier molecular flexibility index (Phi) is 6.12. The molecule has 1 unspecified atom stereocenters. The minimum Gasteiger partial charge on any atom is -0.479 e. The van der Waals surface area contributed by atoms with Crippen LogP contribution in [0.15, 0.2) is 35.7 Å². The monoisotopic (exact) mass is 376 g/mol. The van der Waals surface area contributed by atoms with E-state index in [2.05, 4.69) is 10.6 Å². The second-order valence-corrected chi connectivity index (χ2v) is 6.85. The molecule has 0 radical (unpaired) electrons. The normalized spacial score (nSPS) is 12.9. The van der Waals surface area contributed by atoms with Crippen molar-refractivity contribution in [1.82, 2.24) is 5.32 Å². The molecule has 0 aliphatic heterocycles. The van der Waals surface area contributed by atoms with Crippen LogP contribution in [-0.4, -0.2) is 40.1 Å². The number of benzene rings is 1. The number of nitrogens with one attached hydrogen (secondary N) is 2. The van der Waals surface area contributed by atoms with Crippen molar-refractivity contribution < 1.29 is 24.6 Å². The molecule has 138 valence electrons. The molecular weight excluding hydrogens is 356 g/mol. The Balaban J connectivity index is 2.06. The van der Waals surface area contributed by atoms with Crippen molar-refractivity contribution in [3.05, 3.63) is 52.4 Å². The lowest BCUT2D eigenvalue weighted by Crippen LogP contribution is -2.46. The number of aryl methyl sites for hydroxylation is 1. The summed E-state index contributed by atoms with van der Waals surface area (Å²) >= 11 is 1.18. The summed E-state index contributed by atoms with van der Waals surface area (Å²) in [6.45, 7) is 2.65. The minimum atomic E-state index is -2.07. The molecule has 2 amide bonds. The van der Waals surface area contributed by atoms with Crippen molar-refractivity contribution in [2.45, 2.75) is 25.9 Å². The average Bonchev–Trinajstić information content (AvgIpc) is 3.07. The first-order valence-electron chi connectivity index (χ1n) is 7.96. The van der Waals surface area contributed by atoms with E-state index in [-0.39, 0.29) is 11.5 Å². The first kappa shape index (κ1) is 19.6. The van der Waals surface area contributed by atoms with Gasteiger partial charge in [0.05, 0.1) is 12.1 Å². The number of aliphatic carboxylic acids is 1. The van der Waals surface area contributed by atoms with Gasteiger partial charge in [-0.25, -0.2) is 4.79 Å². The molecule has 0 saturated carbocycles. The van der Waals surface area contributed by atoms with E-state index >= 15 is 0 Å². The molecule has 8 heteroatoms. The molecule has 1 aromatic carbocycles. The van der Waals surface area contributed by atoms with Crippen LogP contribution >= 0.6 is 11.3 Å². The number of carbonyl (C=O) groups excluding carboxylic acids is 2. The number of thiophene rings is 1. The third-order valence-electron chi connectivity index (χ3n) is 3.82. The molecule has 0 aliphatic rings. The standard InChI is InChI=1S/C18H20N2O5S/c1-3-11-4-6-12(7-5-11)14(21)20-16-13(8-9-26-16)15(22)19-10-18(2,25)17(23)24/h4-9,25H,3,10H2,1-2H3,(H,19,22)(H,20,21)(H,23,24). The van der Waals surface area contributed by atoms with Crippen LogP contribution in [0.5, 0.6) is 0 Å². The number of carbonyl (C=O) groups is 3. The molecule has 7 nitrogen and oxygen atoms in total. The molecule has 26 heavy (non-hydrogen) atoms. The summed E-state index contributed by atoms with van der Waals surface area (Å²) in [6, 6.07) is 8.68. The van der Waals surface area contributed by atoms with Gasteiger partial charge >= 0.3 is 5.97 Å². The summed E-state index contributed by atoms with van der Waals surface area (Å²) < 4.78 is 0. The van der Waals surface area contributed by atoms with Crippen LogP contribution in [0.1, 0.15) is 40.1 Å². The van der Waals surface area contributed by atoms with E-state index in [9.17, 15) is 19.5 Å². The predicted molar refractivity (Wildman–Crippen MR) is 98.7 cm³/mol. The van der Waals surface area contributed by atoms with Crippen molar-refractivity contribution in [3.8, 4) is 0 Å². The molecule has 2 aromatic rings. The van der Waals surface area contributed by atoms with Gasteiger partial charge in [0.25, 0.3) is 11.8 Å². The maximum Gasteiger partial charge on any atom is 0.337 e. The van der Waals surface area contributed by atoms with Crippen molar-refractivity contribution >= 4 is 34.1 Å². The molecule has 1 aromatic heterocycles. The molecule has 0 saturated heterocycles. The highest BCUT2D eigenvalue weighted by Crippen LogP contribution is 2.24. The van der Waals surface area contributed by atoms with Gasteiger partial charge < -0.3 is 20.8 Å². The number of carboxylic acids is 1. The zero-order valence-electron chi connectivity index (χ0n) is 14.4. The van der Waals surface area contributed by atoms with Crippen molar-refractivity contribution in [3.63, 3.8) is 0 Å². The highest BCUT2D eigenvalue weighted by Gasteiger charge is 2.30. The van der Waals surface area contributed by atoms with Crippen molar-refractivity contribution in [2.75, 3.05) is 11.9 Å². The van der Waals surface area contributed by atoms with Crippen LogP contribution in [-0.2, 0) is 11.2 Å². The Morgan fingerprint density at radius 3 is 2.35 bits per heavy atom. The summed E-state index contributed by atoms with van der Waals surface area (Å²) in [4.78, 5) is 35.5. The van der Waals surface area contributed by atoms with Gasteiger partial charge in [-0.3, -0.25) is 9.59 Å². The maximum atomic E-state index is 12.3. The van der Waals surface area contributed by atoms with Gasteiger partial charge in [-0.15, -0.1) is 11.3 Å². The summed E-state index contributed by atoms with van der Waals surface area (Å²) in [5.41, 5.74) is -0.287. The summed E-state index contributed by atoms with van der Waals surface area (Å²) in [6.07, 6.45) is 0.872. The number of rotatable bonds is 7. The number of hydrogen-bond acceptors (Lipinski definition) is 5. The Morgan fingerprint density at radius 1 is 1.12 bits per heavy atom. The van der Waals surface area contributed by atoms with E-state index in [1.807, 2.05) is 19.1 Å². The van der Waals surface area contributed by atoms with Crippen LogP contribution in [0.25, 0.3) is 0 Å². The van der Waals surface area contributed by atoms with E-state index < -0.39 is 24.0 Å². The molecule has 2 rings (SSSR count). The van der Waals surface area contributed by atoms with Gasteiger partial charge in [-0.1, -0.05) is 19.1 Å². The number of carboxylic acid groups (broad SMARTS) is 1. The summed E-state index contributed by atoms with van der Waals surface area (Å²) in [7, 11) is 0. The quantitative estimate of drug-likeness (QED) is 0.591. The summed E-state index contributed by atoms with van der Waals surface area (Å²) in [5.74, 6) is -2.36. The number of hydrogen-bond donors (Lipinski definition) is 4. The minimum absolute atomic E-state index is 0.203. The topological polar surface area (TPSA) is 116 Å². The molecule has 0 spiro atoms. The first-order valence-corrected chi connectivity index (χ1v) is 8.84. The highest BCUT2D eigenvalue weighted by atomic mass is 32.1. The average molecular weight is 376 g/mol. The smallest absolute Gasteiger partial charge is 0.337 e. The van der Waals surface area contributed by atoms with E-state index in [0.717, 1.165) is 18.9 Å². The third kappa shape index (κ3) is 4.68. The highest BCUT2D eigenvalue weighted by molar-refractivity contribution is 7.14. The Morgan fingerprint density at radius 2 is 1.77 bits per heavy atom. The van der Waals surface area contributed by atoms with Crippen LogP contribution < -0.4 is 10.6 Å². The lowest BCUT2D eigenvalue weighted by molar-refractivity contribution is -0.155. The fourth-order valence-electron chi connectivity index (χ4n) is 2.08. The van der Waals surface area contributed by atoms with Gasteiger partial charge in [0, 0.05) is 5.56 Å². The van der Waals surface area contributed by atoms with Crippen LogP contribution in [0.3, 0.4) is 0 Å². The molecule has 4 N–H and O–H groups in total. The fraction of sp³-hybridized carbons (Fsp3) is 0.278. The lowest BCUT2D eigenvalue weighted by Gasteiger charge is -2.18. The van der Waals surface area contributed by atoms with Crippen LogP contribution in [0.4, 0.5) is 5.00 Å². The van der Waals surface area contributed by atoms with Crippen molar-refractivity contribution in [1.29, 1.82) is 0 Å². The second-order valence-electron chi connectivity index (χ2n) is 5.93. The predicted octanol–water partition coefficient (Wildman–Crippen LogP) is 2.13. The van der Waals surface area contributed by atoms with Crippen LogP contribution in [0.2, 0.25) is 0 Å². The Bertz CT molecular complexity index is 811. The zero-order valence-corrected chi connectivity index (χ0v) is 15.2. The molecule has 1 heterocycles. The van der Waals surface area contributed by atoms with Gasteiger partial charge in [-0.2, -0.15) is 0 Å². The SMILES string of the molecule is CCc1ccc(C(=O)Nc2sccc2C(=O)NCC(C)(O)C(=O)O)cc1. The van der Waals surface area contributed by atoms with Crippen molar-refractivity contribution in [2.24, 2.45) is 0 Å². The van der Waals surface area contributed by atoms with E-state index in [4.69, 9.17) is 5.11 Å². The number of aliphatic hydroxyl groups is 1. The Labute approximate surface area is 154 Å².